The summed E-state index contributed by atoms with van der Waals surface area (Å²) in [4.78, 5) is 15.0. The van der Waals surface area contributed by atoms with Gasteiger partial charge in [0, 0.05) is 19.0 Å². The summed E-state index contributed by atoms with van der Waals surface area (Å²) in [6.45, 7) is 3.03. The number of rotatable bonds is 5. The van der Waals surface area contributed by atoms with Crippen LogP contribution in [-0.2, 0) is 11.3 Å². The van der Waals surface area contributed by atoms with Crippen molar-refractivity contribution >= 4 is 17.2 Å². The summed E-state index contributed by atoms with van der Waals surface area (Å²) in [5, 5.41) is 1.95. The number of hydrogen-bond acceptors (Lipinski definition) is 3. The fourth-order valence-electron chi connectivity index (χ4n) is 2.63. The lowest BCUT2D eigenvalue weighted by molar-refractivity contribution is 0.0737. The Bertz CT molecular complexity index is 568. The van der Waals surface area contributed by atoms with Crippen molar-refractivity contribution in [2.75, 3.05) is 19.7 Å². The quantitative estimate of drug-likeness (QED) is 0.847. The van der Waals surface area contributed by atoms with E-state index in [-0.39, 0.29) is 5.91 Å². The Hall–Kier alpha value is -1.65. The molecule has 2 heterocycles. The van der Waals surface area contributed by atoms with Crippen LogP contribution in [0.3, 0.4) is 0 Å². The van der Waals surface area contributed by atoms with E-state index < -0.39 is 0 Å². The van der Waals surface area contributed by atoms with E-state index in [1.807, 2.05) is 40.6 Å². The lowest BCUT2D eigenvalue weighted by Crippen LogP contribution is -2.28. The molecule has 1 unspecified atom stereocenters. The van der Waals surface area contributed by atoms with Crippen molar-refractivity contribution in [2.24, 2.45) is 5.92 Å². The number of thiophene rings is 1. The maximum atomic E-state index is 12.2. The first kappa shape index (κ1) is 14.3. The molecule has 1 aromatic carbocycles. The number of likely N-dealkylation sites (tertiary alicyclic amines) is 1. The molecule has 1 saturated heterocycles. The number of amides is 1. The zero-order valence-electron chi connectivity index (χ0n) is 11.9. The molecule has 0 bridgehead atoms. The van der Waals surface area contributed by atoms with Gasteiger partial charge in [-0.15, -0.1) is 11.3 Å². The highest BCUT2D eigenvalue weighted by molar-refractivity contribution is 7.12. The number of ether oxygens (including phenoxy) is 1. The van der Waals surface area contributed by atoms with E-state index in [0.717, 1.165) is 31.0 Å². The van der Waals surface area contributed by atoms with Gasteiger partial charge in [-0.25, -0.2) is 0 Å². The number of hydrogen-bond donors (Lipinski definition) is 0. The van der Waals surface area contributed by atoms with Gasteiger partial charge in [-0.3, -0.25) is 4.79 Å². The number of carbonyl (C=O) groups is 1. The maximum absolute atomic E-state index is 12.2. The van der Waals surface area contributed by atoms with Gasteiger partial charge in [0.25, 0.3) is 5.91 Å². The Morgan fingerprint density at radius 1 is 1.24 bits per heavy atom. The van der Waals surface area contributed by atoms with Gasteiger partial charge >= 0.3 is 0 Å². The molecule has 21 heavy (non-hydrogen) atoms. The van der Waals surface area contributed by atoms with Crippen LogP contribution in [0.5, 0.6) is 0 Å². The van der Waals surface area contributed by atoms with E-state index in [9.17, 15) is 4.79 Å². The predicted molar refractivity (Wildman–Crippen MR) is 84.4 cm³/mol. The van der Waals surface area contributed by atoms with Gasteiger partial charge in [-0.1, -0.05) is 36.4 Å². The molecular formula is C17H19NO2S. The summed E-state index contributed by atoms with van der Waals surface area (Å²) in [6.07, 6.45) is 1.03. The highest BCUT2D eigenvalue weighted by Crippen LogP contribution is 2.21. The van der Waals surface area contributed by atoms with E-state index in [1.165, 1.54) is 16.9 Å². The van der Waals surface area contributed by atoms with Crippen LogP contribution in [0.15, 0.2) is 47.8 Å². The van der Waals surface area contributed by atoms with Crippen LogP contribution < -0.4 is 0 Å². The van der Waals surface area contributed by atoms with Crippen molar-refractivity contribution in [3.63, 3.8) is 0 Å². The minimum Gasteiger partial charge on any atom is -0.376 e. The second-order valence-corrected chi connectivity index (χ2v) is 6.33. The van der Waals surface area contributed by atoms with Crippen LogP contribution in [0, 0.1) is 5.92 Å². The highest BCUT2D eigenvalue weighted by atomic mass is 32.1. The van der Waals surface area contributed by atoms with E-state index in [1.54, 1.807) is 0 Å². The lowest BCUT2D eigenvalue weighted by Gasteiger charge is -2.15. The summed E-state index contributed by atoms with van der Waals surface area (Å²) >= 11 is 1.51. The standard InChI is InChI=1S/C17H19NO2S/c19-17(16-7-4-10-21-16)18-9-8-15(11-18)13-20-12-14-5-2-1-3-6-14/h1-7,10,15H,8-9,11-13H2. The molecule has 4 heteroatoms. The molecule has 1 fully saturated rings. The molecule has 1 atom stereocenters. The van der Waals surface area contributed by atoms with Crippen molar-refractivity contribution in [1.29, 1.82) is 0 Å². The van der Waals surface area contributed by atoms with Crippen molar-refractivity contribution in [3.8, 4) is 0 Å². The summed E-state index contributed by atoms with van der Waals surface area (Å²) in [7, 11) is 0. The Morgan fingerprint density at radius 2 is 2.10 bits per heavy atom. The molecule has 3 nitrogen and oxygen atoms in total. The van der Waals surface area contributed by atoms with Gasteiger partial charge in [0.1, 0.15) is 0 Å². The molecular weight excluding hydrogens is 282 g/mol. The van der Waals surface area contributed by atoms with Gasteiger partial charge in [0.05, 0.1) is 18.1 Å². The van der Waals surface area contributed by atoms with Crippen LogP contribution in [0.1, 0.15) is 21.7 Å². The lowest BCUT2D eigenvalue weighted by atomic mass is 10.1. The molecule has 0 aliphatic carbocycles. The van der Waals surface area contributed by atoms with Crippen molar-refractivity contribution in [1.82, 2.24) is 4.90 Å². The molecule has 1 aromatic heterocycles. The molecule has 0 radical (unpaired) electrons. The fourth-order valence-corrected chi connectivity index (χ4v) is 3.32. The Morgan fingerprint density at radius 3 is 2.86 bits per heavy atom. The fraction of sp³-hybridized carbons (Fsp3) is 0.353. The first-order valence-corrected chi connectivity index (χ1v) is 8.15. The average molecular weight is 301 g/mol. The van der Waals surface area contributed by atoms with E-state index in [4.69, 9.17) is 4.74 Å². The predicted octanol–water partition coefficient (Wildman–Crippen LogP) is 3.43. The third-order valence-electron chi connectivity index (χ3n) is 3.77. The number of carbonyl (C=O) groups excluding carboxylic acids is 1. The minimum absolute atomic E-state index is 0.163. The molecule has 0 N–H and O–H groups in total. The van der Waals surface area contributed by atoms with Gasteiger partial charge < -0.3 is 9.64 Å². The number of benzene rings is 1. The molecule has 1 aliphatic heterocycles. The Labute approximate surface area is 129 Å². The molecule has 110 valence electrons. The summed E-state index contributed by atoms with van der Waals surface area (Å²) in [5.41, 5.74) is 1.20. The average Bonchev–Trinajstić information content (AvgIpc) is 3.19. The molecule has 0 saturated carbocycles. The summed E-state index contributed by atoms with van der Waals surface area (Å²) in [6, 6.07) is 14.0. The van der Waals surface area contributed by atoms with Crippen LogP contribution in [-0.4, -0.2) is 30.5 Å². The second kappa shape index (κ2) is 6.87. The van der Waals surface area contributed by atoms with E-state index in [2.05, 4.69) is 12.1 Å². The third-order valence-corrected chi connectivity index (χ3v) is 4.63. The molecule has 1 aliphatic rings. The van der Waals surface area contributed by atoms with E-state index >= 15 is 0 Å². The van der Waals surface area contributed by atoms with Crippen LogP contribution in [0.25, 0.3) is 0 Å². The maximum Gasteiger partial charge on any atom is 0.263 e. The highest BCUT2D eigenvalue weighted by Gasteiger charge is 2.27. The molecule has 0 spiro atoms. The third kappa shape index (κ3) is 3.71. The molecule has 1 amide bonds. The van der Waals surface area contributed by atoms with Crippen LogP contribution in [0.4, 0.5) is 0 Å². The first-order valence-electron chi connectivity index (χ1n) is 7.27. The largest absolute Gasteiger partial charge is 0.376 e. The van der Waals surface area contributed by atoms with Crippen molar-refractivity contribution in [3.05, 3.63) is 58.3 Å². The molecule has 2 aromatic rings. The van der Waals surface area contributed by atoms with Gasteiger partial charge in [0.15, 0.2) is 0 Å². The summed E-state index contributed by atoms with van der Waals surface area (Å²) in [5.74, 6) is 0.619. The number of nitrogens with zero attached hydrogens (tertiary/aromatic N) is 1. The first-order chi connectivity index (χ1) is 10.3. The Kier molecular flexibility index (Phi) is 4.68. The normalized spacial score (nSPS) is 18.1. The SMILES string of the molecule is O=C(c1cccs1)N1CCC(COCc2ccccc2)C1. The zero-order chi connectivity index (χ0) is 14.5. The zero-order valence-corrected chi connectivity index (χ0v) is 12.7. The summed E-state index contributed by atoms with van der Waals surface area (Å²) < 4.78 is 5.79. The van der Waals surface area contributed by atoms with Crippen LogP contribution in [0.2, 0.25) is 0 Å². The Balaban J connectivity index is 1.44. The monoisotopic (exact) mass is 301 g/mol. The van der Waals surface area contributed by atoms with Gasteiger partial charge in [-0.05, 0) is 23.4 Å². The van der Waals surface area contributed by atoms with Gasteiger partial charge in [-0.2, -0.15) is 0 Å². The minimum atomic E-state index is 0.163. The van der Waals surface area contributed by atoms with Crippen molar-refractivity contribution in [2.45, 2.75) is 13.0 Å². The van der Waals surface area contributed by atoms with Gasteiger partial charge in [0.2, 0.25) is 0 Å². The van der Waals surface area contributed by atoms with Crippen LogP contribution >= 0.6 is 11.3 Å². The van der Waals surface area contributed by atoms with Crippen molar-refractivity contribution < 1.29 is 9.53 Å². The second-order valence-electron chi connectivity index (χ2n) is 5.38. The smallest absolute Gasteiger partial charge is 0.263 e. The topological polar surface area (TPSA) is 29.5 Å². The molecule has 3 rings (SSSR count). The van der Waals surface area contributed by atoms with E-state index in [0.29, 0.717) is 12.5 Å².